The highest BCUT2D eigenvalue weighted by Crippen LogP contribution is 2.30. The molecule has 1 aromatic heterocycles. The molecule has 3 heteroatoms. The number of aromatic hydroxyl groups is 1. The van der Waals surface area contributed by atoms with Crippen molar-refractivity contribution in [1.29, 1.82) is 0 Å². The molecular weight excluding hydrogens is 218 g/mol. The first kappa shape index (κ1) is 11.2. The Hall–Kier alpha value is -1.32. The van der Waals surface area contributed by atoms with Gasteiger partial charge in [0.1, 0.15) is 5.75 Å². The van der Waals surface area contributed by atoms with Crippen LogP contribution in [0, 0.1) is 13.8 Å². The van der Waals surface area contributed by atoms with Crippen molar-refractivity contribution in [3.63, 3.8) is 0 Å². The van der Waals surface area contributed by atoms with Crippen molar-refractivity contribution in [1.82, 2.24) is 0 Å². The maximum atomic E-state index is 9.49. The maximum absolute atomic E-state index is 9.49. The standard InChI is InChI=1S/C13H15NOS/c1-8-6-10(15)7-9(2)12(8)13(14)11-4-3-5-16-11/h3-7,13,15H,14H2,1-2H3/t13-/m1/s1. The lowest BCUT2D eigenvalue weighted by Gasteiger charge is -2.16. The highest BCUT2D eigenvalue weighted by atomic mass is 32.1. The molecule has 0 saturated heterocycles. The van der Waals surface area contributed by atoms with Gasteiger partial charge in [0.15, 0.2) is 0 Å². The average molecular weight is 233 g/mol. The van der Waals surface area contributed by atoms with Crippen molar-refractivity contribution < 1.29 is 5.11 Å². The summed E-state index contributed by atoms with van der Waals surface area (Å²) in [6.45, 7) is 3.96. The molecule has 0 aliphatic heterocycles. The summed E-state index contributed by atoms with van der Waals surface area (Å²) in [5, 5.41) is 11.5. The second-order valence-corrected chi connectivity index (χ2v) is 4.97. The van der Waals surface area contributed by atoms with Crippen LogP contribution in [0.3, 0.4) is 0 Å². The van der Waals surface area contributed by atoms with E-state index < -0.39 is 0 Å². The Morgan fingerprint density at radius 1 is 1.25 bits per heavy atom. The van der Waals surface area contributed by atoms with E-state index in [1.54, 1.807) is 23.5 Å². The fourth-order valence-corrected chi connectivity index (χ4v) is 2.79. The summed E-state index contributed by atoms with van der Waals surface area (Å²) in [6.07, 6.45) is 0. The minimum absolute atomic E-state index is 0.0967. The summed E-state index contributed by atoms with van der Waals surface area (Å²) in [4.78, 5) is 1.15. The summed E-state index contributed by atoms with van der Waals surface area (Å²) in [6, 6.07) is 7.47. The number of benzene rings is 1. The Morgan fingerprint density at radius 2 is 1.88 bits per heavy atom. The van der Waals surface area contributed by atoms with Gasteiger partial charge >= 0.3 is 0 Å². The molecule has 0 spiro atoms. The minimum Gasteiger partial charge on any atom is -0.508 e. The average Bonchev–Trinajstić information content (AvgIpc) is 2.67. The molecule has 0 fully saturated rings. The van der Waals surface area contributed by atoms with Gasteiger partial charge in [0.25, 0.3) is 0 Å². The first-order chi connectivity index (χ1) is 7.59. The Labute approximate surface area is 99.4 Å². The van der Waals surface area contributed by atoms with Gasteiger partial charge < -0.3 is 10.8 Å². The van der Waals surface area contributed by atoms with E-state index in [1.807, 2.05) is 31.4 Å². The number of hydrogen-bond donors (Lipinski definition) is 2. The fraction of sp³-hybridized carbons (Fsp3) is 0.231. The van der Waals surface area contributed by atoms with Crippen molar-refractivity contribution >= 4 is 11.3 Å². The summed E-state index contributed by atoms with van der Waals surface area (Å²) in [5.41, 5.74) is 9.43. The fourth-order valence-electron chi connectivity index (χ4n) is 2.05. The zero-order chi connectivity index (χ0) is 11.7. The summed E-state index contributed by atoms with van der Waals surface area (Å²) in [5.74, 6) is 0.303. The van der Waals surface area contributed by atoms with Crippen molar-refractivity contribution in [3.05, 3.63) is 51.2 Å². The molecule has 0 bridgehead atoms. The zero-order valence-corrected chi connectivity index (χ0v) is 10.2. The number of thiophene rings is 1. The molecule has 84 valence electrons. The smallest absolute Gasteiger partial charge is 0.116 e. The van der Waals surface area contributed by atoms with Gasteiger partial charge in [-0.15, -0.1) is 11.3 Å². The topological polar surface area (TPSA) is 46.2 Å². The van der Waals surface area contributed by atoms with Crippen LogP contribution >= 0.6 is 11.3 Å². The first-order valence-electron chi connectivity index (χ1n) is 5.18. The molecule has 1 heterocycles. The molecule has 0 amide bonds. The Balaban J connectivity index is 2.48. The third-order valence-corrected chi connectivity index (χ3v) is 3.69. The molecule has 0 aliphatic rings. The van der Waals surface area contributed by atoms with E-state index in [2.05, 4.69) is 0 Å². The third kappa shape index (κ3) is 1.96. The van der Waals surface area contributed by atoms with Crippen LogP contribution in [-0.2, 0) is 0 Å². The van der Waals surface area contributed by atoms with Crippen LogP contribution in [0.1, 0.15) is 27.6 Å². The largest absolute Gasteiger partial charge is 0.508 e. The van der Waals surface area contributed by atoms with Crippen LogP contribution in [-0.4, -0.2) is 5.11 Å². The molecule has 0 aliphatic carbocycles. The van der Waals surface area contributed by atoms with Gasteiger partial charge in [-0.2, -0.15) is 0 Å². The lowest BCUT2D eigenvalue weighted by molar-refractivity contribution is 0.474. The predicted molar refractivity (Wildman–Crippen MR) is 67.9 cm³/mol. The maximum Gasteiger partial charge on any atom is 0.116 e. The van der Waals surface area contributed by atoms with E-state index in [0.29, 0.717) is 5.75 Å². The Morgan fingerprint density at radius 3 is 2.38 bits per heavy atom. The van der Waals surface area contributed by atoms with Crippen LogP contribution in [0.4, 0.5) is 0 Å². The summed E-state index contributed by atoms with van der Waals surface area (Å²) < 4.78 is 0. The molecule has 2 nitrogen and oxygen atoms in total. The quantitative estimate of drug-likeness (QED) is 0.837. The van der Waals surface area contributed by atoms with E-state index >= 15 is 0 Å². The second-order valence-electron chi connectivity index (χ2n) is 3.99. The van der Waals surface area contributed by atoms with Gasteiger partial charge in [-0.25, -0.2) is 0 Å². The summed E-state index contributed by atoms with van der Waals surface area (Å²) >= 11 is 1.66. The van der Waals surface area contributed by atoms with Crippen LogP contribution in [0.25, 0.3) is 0 Å². The Kier molecular flexibility index (Phi) is 2.99. The first-order valence-corrected chi connectivity index (χ1v) is 6.06. The number of hydrogen-bond acceptors (Lipinski definition) is 3. The molecule has 0 radical (unpaired) electrons. The second kappa shape index (κ2) is 4.28. The number of phenols is 1. The van der Waals surface area contributed by atoms with Gasteiger partial charge in [0.2, 0.25) is 0 Å². The third-order valence-electron chi connectivity index (χ3n) is 2.74. The van der Waals surface area contributed by atoms with E-state index in [9.17, 15) is 5.11 Å². The summed E-state index contributed by atoms with van der Waals surface area (Å²) in [7, 11) is 0. The highest BCUT2D eigenvalue weighted by molar-refractivity contribution is 7.10. The van der Waals surface area contributed by atoms with Crippen LogP contribution < -0.4 is 5.73 Å². The molecule has 0 unspecified atom stereocenters. The van der Waals surface area contributed by atoms with Crippen LogP contribution in [0.5, 0.6) is 5.75 Å². The SMILES string of the molecule is Cc1cc(O)cc(C)c1[C@H](N)c1cccs1. The molecule has 1 atom stereocenters. The molecule has 0 saturated carbocycles. The minimum atomic E-state index is -0.0967. The molecule has 2 aromatic rings. The van der Waals surface area contributed by atoms with Gasteiger partial charge in [-0.3, -0.25) is 0 Å². The predicted octanol–water partition coefficient (Wildman–Crippen LogP) is 3.12. The number of aryl methyl sites for hydroxylation is 2. The van der Waals surface area contributed by atoms with Gasteiger partial charge in [-0.1, -0.05) is 6.07 Å². The monoisotopic (exact) mass is 233 g/mol. The zero-order valence-electron chi connectivity index (χ0n) is 9.40. The number of nitrogens with two attached hydrogens (primary N) is 1. The van der Waals surface area contributed by atoms with Gasteiger partial charge in [-0.05, 0) is 54.1 Å². The van der Waals surface area contributed by atoms with Crippen molar-refractivity contribution in [2.75, 3.05) is 0 Å². The molecule has 1 aromatic carbocycles. The van der Waals surface area contributed by atoms with E-state index in [4.69, 9.17) is 5.73 Å². The normalized spacial score (nSPS) is 12.7. The van der Waals surface area contributed by atoms with Gasteiger partial charge in [0.05, 0.1) is 6.04 Å². The van der Waals surface area contributed by atoms with Crippen molar-refractivity contribution in [2.24, 2.45) is 5.73 Å². The van der Waals surface area contributed by atoms with Gasteiger partial charge in [0, 0.05) is 4.88 Å². The lowest BCUT2D eigenvalue weighted by Crippen LogP contribution is -2.13. The van der Waals surface area contributed by atoms with Crippen LogP contribution in [0.2, 0.25) is 0 Å². The lowest BCUT2D eigenvalue weighted by atomic mass is 9.95. The van der Waals surface area contributed by atoms with E-state index in [1.165, 1.54) is 0 Å². The number of phenolic OH excluding ortho intramolecular Hbond substituents is 1. The Bertz CT molecular complexity index is 468. The van der Waals surface area contributed by atoms with Crippen LogP contribution in [0.15, 0.2) is 29.6 Å². The molecule has 3 N–H and O–H groups in total. The van der Waals surface area contributed by atoms with E-state index in [0.717, 1.165) is 21.6 Å². The highest BCUT2D eigenvalue weighted by Gasteiger charge is 2.15. The number of rotatable bonds is 2. The van der Waals surface area contributed by atoms with Crippen molar-refractivity contribution in [2.45, 2.75) is 19.9 Å². The van der Waals surface area contributed by atoms with Crippen molar-refractivity contribution in [3.8, 4) is 5.75 Å². The van der Waals surface area contributed by atoms with E-state index in [-0.39, 0.29) is 6.04 Å². The molecule has 16 heavy (non-hydrogen) atoms. The molecular formula is C13H15NOS. The molecule has 2 rings (SSSR count).